The number of aliphatic hydroxyl groups is 1. The zero-order chi connectivity index (χ0) is 20.9. The molecule has 4 aliphatic carbocycles. The zero-order valence-corrected chi connectivity index (χ0v) is 18.7. The fourth-order valence-corrected chi connectivity index (χ4v) is 8.46. The molecule has 1 aromatic rings. The fourth-order valence-electron chi connectivity index (χ4n) is 8.28. The average Bonchev–Trinajstić information content (AvgIpc) is 3.34. The molecule has 0 aliphatic heterocycles. The van der Waals surface area contributed by atoms with Gasteiger partial charge < -0.3 is 9.67 Å². The molecule has 1 heterocycles. The summed E-state index contributed by atoms with van der Waals surface area (Å²) >= 11 is 5.62. The number of carbonyl (C=O) groups excluding carboxylic acids is 1. The number of hydrogen-bond acceptors (Lipinski definition) is 3. The van der Waals surface area contributed by atoms with Crippen LogP contribution in [0.5, 0.6) is 0 Å². The van der Waals surface area contributed by atoms with Crippen LogP contribution in [0, 0.1) is 52.2 Å². The van der Waals surface area contributed by atoms with E-state index < -0.39 is 5.60 Å². The van der Waals surface area contributed by atoms with Gasteiger partial charge in [0, 0.05) is 23.7 Å². The highest BCUT2D eigenvalue weighted by atomic mass is 35.5. The van der Waals surface area contributed by atoms with Gasteiger partial charge in [0.2, 0.25) is 0 Å². The Morgan fingerprint density at radius 3 is 2.77 bits per heavy atom. The molecule has 0 bridgehead atoms. The number of hydrogen-bond donors (Lipinski definition) is 1. The first-order chi connectivity index (χ1) is 14.4. The van der Waals surface area contributed by atoms with Crippen LogP contribution in [0.15, 0.2) is 18.7 Å². The Hall–Kier alpha value is -1.31. The van der Waals surface area contributed by atoms with Crippen molar-refractivity contribution in [2.24, 2.45) is 40.9 Å². The van der Waals surface area contributed by atoms with Gasteiger partial charge in [0.15, 0.2) is 5.78 Å². The molecule has 0 radical (unpaired) electrons. The van der Waals surface area contributed by atoms with Crippen LogP contribution in [0.3, 0.4) is 0 Å². The smallest absolute Gasteiger partial charge is 0.156 e. The van der Waals surface area contributed by atoms with Crippen LogP contribution >= 0.6 is 11.6 Å². The SMILES string of the molecule is C[C@]12CC[C@H]3[C@@H](CC[C@H]4C[C@](O)(C#CCl)CC[C@@H]43)[C@@H]1CC[C@@H]2C(=O)Cn1ccnc1. The topological polar surface area (TPSA) is 55.1 Å². The molecule has 0 spiro atoms. The highest BCUT2D eigenvalue weighted by Gasteiger charge is 2.58. The summed E-state index contributed by atoms with van der Waals surface area (Å²) in [5, 5.41) is 13.2. The van der Waals surface area contributed by atoms with Gasteiger partial charge in [-0.05, 0) is 104 Å². The predicted molar refractivity (Wildman–Crippen MR) is 116 cm³/mol. The van der Waals surface area contributed by atoms with E-state index in [1.165, 1.54) is 32.1 Å². The lowest BCUT2D eigenvalue weighted by Gasteiger charge is -2.56. The molecule has 0 unspecified atom stereocenters. The second-order valence-corrected chi connectivity index (χ2v) is 11.0. The highest BCUT2D eigenvalue weighted by molar-refractivity contribution is 6.30. The van der Waals surface area contributed by atoms with E-state index in [1.807, 2.05) is 10.8 Å². The first kappa shape index (κ1) is 20.6. The van der Waals surface area contributed by atoms with Gasteiger partial charge in [0.05, 0.1) is 12.9 Å². The van der Waals surface area contributed by atoms with Gasteiger partial charge in [-0.25, -0.2) is 4.98 Å². The molecule has 1 N–H and O–H groups in total. The second kappa shape index (κ2) is 7.68. The van der Waals surface area contributed by atoms with E-state index >= 15 is 0 Å². The summed E-state index contributed by atoms with van der Waals surface area (Å²) in [5.74, 6) is 6.94. The van der Waals surface area contributed by atoms with Gasteiger partial charge in [-0.2, -0.15) is 0 Å². The first-order valence-corrected chi connectivity index (χ1v) is 12.1. The number of Topliss-reactive ketones (excluding diaryl/α,β-unsaturated/α-hetero) is 1. The lowest BCUT2D eigenvalue weighted by molar-refractivity contribution is -0.132. The van der Waals surface area contributed by atoms with E-state index in [0.29, 0.717) is 30.1 Å². The summed E-state index contributed by atoms with van der Waals surface area (Å²) in [4.78, 5) is 17.3. The summed E-state index contributed by atoms with van der Waals surface area (Å²) in [5.41, 5.74) is -0.720. The van der Waals surface area contributed by atoms with E-state index in [9.17, 15) is 9.90 Å². The van der Waals surface area contributed by atoms with Gasteiger partial charge in [-0.15, -0.1) is 0 Å². The minimum absolute atomic E-state index is 0.158. The summed E-state index contributed by atoms with van der Waals surface area (Å²) < 4.78 is 1.92. The van der Waals surface area contributed by atoms with Gasteiger partial charge in [0.1, 0.15) is 5.60 Å². The molecule has 4 aliphatic rings. The molecule has 4 nitrogen and oxygen atoms in total. The van der Waals surface area contributed by atoms with E-state index in [-0.39, 0.29) is 11.3 Å². The third-order valence-electron chi connectivity index (χ3n) is 9.58. The fraction of sp³-hybridized carbons (Fsp3) is 0.760. The van der Waals surface area contributed by atoms with E-state index in [4.69, 9.17) is 11.6 Å². The minimum Gasteiger partial charge on any atom is -0.378 e. The highest BCUT2D eigenvalue weighted by Crippen LogP contribution is 2.64. The Balaban J connectivity index is 1.31. The minimum atomic E-state index is -0.878. The molecule has 5 rings (SSSR count). The van der Waals surface area contributed by atoms with Gasteiger partial charge >= 0.3 is 0 Å². The number of carbonyl (C=O) groups is 1. The number of fused-ring (bicyclic) bond motifs is 5. The van der Waals surface area contributed by atoms with E-state index in [2.05, 4.69) is 23.2 Å². The van der Waals surface area contributed by atoms with Crippen molar-refractivity contribution in [3.63, 3.8) is 0 Å². The van der Waals surface area contributed by atoms with Crippen molar-refractivity contribution >= 4 is 17.4 Å². The maximum Gasteiger partial charge on any atom is 0.156 e. The maximum atomic E-state index is 13.2. The number of rotatable bonds is 3. The summed E-state index contributed by atoms with van der Waals surface area (Å²) in [6.07, 6.45) is 15.1. The summed E-state index contributed by atoms with van der Waals surface area (Å²) in [6, 6.07) is 0. The number of aromatic nitrogens is 2. The van der Waals surface area contributed by atoms with Crippen molar-refractivity contribution in [2.45, 2.75) is 76.9 Å². The van der Waals surface area contributed by atoms with Crippen molar-refractivity contribution in [3.05, 3.63) is 18.7 Å². The second-order valence-electron chi connectivity index (χ2n) is 10.8. The monoisotopic (exact) mass is 428 g/mol. The molecular weight excluding hydrogens is 396 g/mol. The standard InChI is InChI=1S/C25H33ClN2O2/c1-24-8-6-19-18-7-9-25(30,10-11-26)14-17(18)2-3-20(19)21(24)4-5-22(24)23(29)15-28-13-12-27-16-28/h12-13,16-22,30H,2-9,14-15H2,1H3/t17-,18-,19+,20+,21-,22+,24-,25+/m0/s1. The zero-order valence-electron chi connectivity index (χ0n) is 17.9. The molecule has 0 saturated heterocycles. The van der Waals surface area contributed by atoms with Crippen molar-refractivity contribution in [3.8, 4) is 11.3 Å². The van der Waals surface area contributed by atoms with Crippen LogP contribution in [-0.4, -0.2) is 26.0 Å². The van der Waals surface area contributed by atoms with Crippen molar-refractivity contribution in [1.82, 2.24) is 9.55 Å². The molecule has 162 valence electrons. The van der Waals surface area contributed by atoms with Crippen LogP contribution in [0.25, 0.3) is 0 Å². The Morgan fingerprint density at radius 2 is 2.00 bits per heavy atom. The van der Waals surface area contributed by atoms with Crippen molar-refractivity contribution in [2.75, 3.05) is 0 Å². The molecule has 0 amide bonds. The van der Waals surface area contributed by atoms with Gasteiger partial charge in [-0.1, -0.05) is 12.8 Å². The van der Waals surface area contributed by atoms with Gasteiger partial charge in [0.25, 0.3) is 0 Å². The Bertz CT molecular complexity index is 858. The molecule has 0 aromatic carbocycles. The van der Waals surface area contributed by atoms with Crippen molar-refractivity contribution < 1.29 is 9.90 Å². The quantitative estimate of drug-likeness (QED) is 0.713. The molecule has 4 saturated carbocycles. The summed E-state index contributed by atoms with van der Waals surface area (Å²) in [6.45, 7) is 2.88. The van der Waals surface area contributed by atoms with Crippen LogP contribution in [-0.2, 0) is 11.3 Å². The molecule has 8 atom stereocenters. The Kier molecular flexibility index (Phi) is 5.27. The average molecular weight is 429 g/mol. The molecular formula is C25H33ClN2O2. The van der Waals surface area contributed by atoms with Crippen LogP contribution in [0.2, 0.25) is 0 Å². The van der Waals surface area contributed by atoms with Crippen LogP contribution in [0.4, 0.5) is 0 Å². The van der Waals surface area contributed by atoms with Crippen LogP contribution in [0.1, 0.15) is 64.7 Å². The Morgan fingerprint density at radius 1 is 1.17 bits per heavy atom. The number of nitrogens with zero attached hydrogens (tertiary/aromatic N) is 2. The first-order valence-electron chi connectivity index (χ1n) is 11.8. The molecule has 1 aromatic heterocycles. The van der Waals surface area contributed by atoms with Crippen LogP contribution < -0.4 is 0 Å². The molecule has 30 heavy (non-hydrogen) atoms. The number of imidazole rings is 1. The lowest BCUT2D eigenvalue weighted by Crippen LogP contribution is -2.51. The third kappa shape index (κ3) is 3.33. The van der Waals surface area contributed by atoms with E-state index in [1.54, 1.807) is 12.5 Å². The largest absolute Gasteiger partial charge is 0.378 e. The lowest BCUT2D eigenvalue weighted by atomic mass is 9.49. The molecule has 5 heteroatoms. The predicted octanol–water partition coefficient (Wildman–Crippen LogP) is 4.65. The molecule has 4 fully saturated rings. The van der Waals surface area contributed by atoms with E-state index in [0.717, 1.165) is 37.5 Å². The third-order valence-corrected chi connectivity index (χ3v) is 9.67. The maximum absolute atomic E-state index is 13.2. The Labute approximate surface area is 184 Å². The number of ketones is 1. The number of halogens is 1. The van der Waals surface area contributed by atoms with Crippen molar-refractivity contribution in [1.29, 1.82) is 0 Å². The van der Waals surface area contributed by atoms with Gasteiger partial charge in [-0.3, -0.25) is 4.79 Å². The summed E-state index contributed by atoms with van der Waals surface area (Å²) in [7, 11) is 0. The normalized spacial score (nSPS) is 44.9.